The van der Waals surface area contributed by atoms with Crippen molar-refractivity contribution < 1.29 is 9.84 Å². The third kappa shape index (κ3) is 15.9. The highest BCUT2D eigenvalue weighted by Gasteiger charge is 1.95. The van der Waals surface area contributed by atoms with Crippen LogP contribution >= 0.6 is 0 Å². The molecule has 104 valence electrons. The van der Waals surface area contributed by atoms with E-state index in [1.807, 2.05) is 0 Å². The van der Waals surface area contributed by atoms with Crippen molar-refractivity contribution >= 4 is 0 Å². The van der Waals surface area contributed by atoms with Gasteiger partial charge in [-0.05, 0) is 13.3 Å². The van der Waals surface area contributed by atoms with Gasteiger partial charge in [-0.3, -0.25) is 0 Å². The summed E-state index contributed by atoms with van der Waals surface area (Å²) in [6.07, 6.45) is 13.2. The molecule has 0 bridgehead atoms. The van der Waals surface area contributed by atoms with Crippen molar-refractivity contribution in [2.45, 2.75) is 84.2 Å². The maximum Gasteiger partial charge on any atom is 0.0745 e. The van der Waals surface area contributed by atoms with Gasteiger partial charge in [-0.15, -0.1) is 0 Å². The van der Waals surface area contributed by atoms with Gasteiger partial charge in [0.2, 0.25) is 0 Å². The smallest absolute Gasteiger partial charge is 0.0745 e. The Morgan fingerprint density at radius 3 is 1.76 bits per heavy atom. The molecule has 1 N–H and O–H groups in total. The molecule has 2 nitrogen and oxygen atoms in total. The lowest BCUT2D eigenvalue weighted by Gasteiger charge is -2.06. The van der Waals surface area contributed by atoms with E-state index in [-0.39, 0.29) is 6.10 Å². The van der Waals surface area contributed by atoms with Gasteiger partial charge in [-0.2, -0.15) is 0 Å². The lowest BCUT2D eigenvalue weighted by atomic mass is 10.1. The van der Waals surface area contributed by atoms with Crippen LogP contribution in [0.15, 0.2) is 0 Å². The van der Waals surface area contributed by atoms with Crippen molar-refractivity contribution in [3.63, 3.8) is 0 Å². The Bertz CT molecular complexity index is 135. The Kier molecular flexibility index (Phi) is 13.9. The molecule has 0 amide bonds. The molecule has 1 unspecified atom stereocenters. The topological polar surface area (TPSA) is 29.5 Å². The molecule has 0 rings (SSSR count). The number of hydrogen-bond donors (Lipinski definition) is 1. The highest BCUT2D eigenvalue weighted by molar-refractivity contribution is 4.48. The average Bonchev–Trinajstić information content (AvgIpc) is 2.30. The largest absolute Gasteiger partial charge is 0.391 e. The number of ether oxygens (including phenoxy) is 1. The zero-order valence-electron chi connectivity index (χ0n) is 11.9. The molecule has 0 aromatic heterocycles. The highest BCUT2D eigenvalue weighted by Crippen LogP contribution is 2.10. The molecule has 0 aliphatic rings. The van der Waals surface area contributed by atoms with Gasteiger partial charge in [0.05, 0.1) is 12.7 Å². The minimum absolute atomic E-state index is 0.321. The summed E-state index contributed by atoms with van der Waals surface area (Å²) in [5.41, 5.74) is 0. The lowest BCUT2D eigenvalue weighted by molar-refractivity contribution is 0.0445. The highest BCUT2D eigenvalue weighted by atomic mass is 16.5. The van der Waals surface area contributed by atoms with Crippen molar-refractivity contribution in [2.24, 2.45) is 0 Å². The SMILES string of the molecule is CCCCCCCCCCCCOCC(C)O. The number of rotatable bonds is 13. The fourth-order valence-electron chi connectivity index (χ4n) is 1.95. The van der Waals surface area contributed by atoms with Crippen molar-refractivity contribution in [3.05, 3.63) is 0 Å². The molecule has 0 heterocycles. The Labute approximate surface area is 108 Å². The summed E-state index contributed by atoms with van der Waals surface area (Å²) in [6.45, 7) is 5.32. The Hall–Kier alpha value is -0.0800. The summed E-state index contributed by atoms with van der Waals surface area (Å²) in [5.74, 6) is 0. The van der Waals surface area contributed by atoms with Crippen LogP contribution in [0.3, 0.4) is 0 Å². The van der Waals surface area contributed by atoms with Crippen molar-refractivity contribution in [1.29, 1.82) is 0 Å². The van der Waals surface area contributed by atoms with E-state index in [0.29, 0.717) is 6.61 Å². The Balaban J connectivity index is 2.89. The van der Waals surface area contributed by atoms with Gasteiger partial charge in [-0.1, -0.05) is 64.7 Å². The van der Waals surface area contributed by atoms with E-state index in [0.717, 1.165) is 13.0 Å². The molecular formula is C15H32O2. The summed E-state index contributed by atoms with van der Waals surface area (Å²) in [6, 6.07) is 0. The molecule has 17 heavy (non-hydrogen) atoms. The standard InChI is InChI=1S/C15H32O2/c1-3-4-5-6-7-8-9-10-11-12-13-17-14-15(2)16/h15-16H,3-14H2,1-2H3. The van der Waals surface area contributed by atoms with Gasteiger partial charge in [0, 0.05) is 6.61 Å². The van der Waals surface area contributed by atoms with Gasteiger partial charge in [-0.25, -0.2) is 0 Å². The van der Waals surface area contributed by atoms with E-state index in [4.69, 9.17) is 9.84 Å². The van der Waals surface area contributed by atoms with Gasteiger partial charge in [0.15, 0.2) is 0 Å². The van der Waals surface area contributed by atoms with E-state index in [1.165, 1.54) is 57.8 Å². The number of aliphatic hydroxyl groups is 1. The first-order chi connectivity index (χ1) is 8.27. The zero-order valence-corrected chi connectivity index (χ0v) is 11.9. The summed E-state index contributed by atoms with van der Waals surface area (Å²) in [5, 5.41) is 8.99. The molecule has 0 aromatic carbocycles. The van der Waals surface area contributed by atoms with Gasteiger partial charge in [0.1, 0.15) is 0 Å². The van der Waals surface area contributed by atoms with Crippen LogP contribution in [0.25, 0.3) is 0 Å². The summed E-state index contributed by atoms with van der Waals surface area (Å²) in [4.78, 5) is 0. The van der Waals surface area contributed by atoms with Crippen LogP contribution in [-0.4, -0.2) is 24.4 Å². The first-order valence-electron chi connectivity index (χ1n) is 7.53. The molecular weight excluding hydrogens is 212 g/mol. The monoisotopic (exact) mass is 244 g/mol. The second kappa shape index (κ2) is 14.0. The van der Waals surface area contributed by atoms with E-state index in [1.54, 1.807) is 6.92 Å². The molecule has 0 radical (unpaired) electrons. The summed E-state index contributed by atoms with van der Waals surface area (Å²) in [7, 11) is 0. The number of hydrogen-bond acceptors (Lipinski definition) is 2. The number of aliphatic hydroxyl groups excluding tert-OH is 1. The van der Waals surface area contributed by atoms with E-state index in [9.17, 15) is 0 Å². The predicted molar refractivity (Wildman–Crippen MR) is 74.3 cm³/mol. The Morgan fingerprint density at radius 1 is 0.824 bits per heavy atom. The van der Waals surface area contributed by atoms with Crippen LogP contribution < -0.4 is 0 Å². The molecule has 0 aliphatic heterocycles. The van der Waals surface area contributed by atoms with Crippen LogP contribution in [-0.2, 0) is 4.74 Å². The summed E-state index contributed by atoms with van der Waals surface area (Å²) >= 11 is 0. The van der Waals surface area contributed by atoms with Crippen LogP contribution in [0.4, 0.5) is 0 Å². The fraction of sp³-hybridized carbons (Fsp3) is 1.00. The maximum atomic E-state index is 8.99. The van der Waals surface area contributed by atoms with E-state index in [2.05, 4.69) is 6.92 Å². The van der Waals surface area contributed by atoms with Crippen molar-refractivity contribution in [2.75, 3.05) is 13.2 Å². The van der Waals surface area contributed by atoms with Crippen LogP contribution in [0, 0.1) is 0 Å². The van der Waals surface area contributed by atoms with Crippen LogP contribution in [0.2, 0.25) is 0 Å². The van der Waals surface area contributed by atoms with Gasteiger partial charge < -0.3 is 9.84 Å². The lowest BCUT2D eigenvalue weighted by Crippen LogP contribution is -2.10. The van der Waals surface area contributed by atoms with Crippen molar-refractivity contribution in [3.8, 4) is 0 Å². The van der Waals surface area contributed by atoms with E-state index < -0.39 is 0 Å². The molecule has 0 aliphatic carbocycles. The normalized spacial score (nSPS) is 12.9. The minimum atomic E-state index is -0.321. The first-order valence-corrected chi connectivity index (χ1v) is 7.53. The minimum Gasteiger partial charge on any atom is -0.391 e. The average molecular weight is 244 g/mol. The maximum absolute atomic E-state index is 8.99. The van der Waals surface area contributed by atoms with Crippen LogP contribution in [0.1, 0.15) is 78.1 Å². The fourth-order valence-corrected chi connectivity index (χ4v) is 1.95. The molecule has 0 saturated carbocycles. The summed E-state index contributed by atoms with van der Waals surface area (Å²) < 4.78 is 5.32. The van der Waals surface area contributed by atoms with Crippen LogP contribution in [0.5, 0.6) is 0 Å². The second-order valence-corrected chi connectivity index (χ2v) is 5.11. The first kappa shape index (κ1) is 16.9. The molecule has 0 saturated heterocycles. The third-order valence-corrected chi connectivity index (χ3v) is 3.00. The van der Waals surface area contributed by atoms with Crippen molar-refractivity contribution in [1.82, 2.24) is 0 Å². The Morgan fingerprint density at radius 2 is 1.29 bits per heavy atom. The molecule has 0 aromatic rings. The molecule has 0 fully saturated rings. The second-order valence-electron chi connectivity index (χ2n) is 5.11. The zero-order chi connectivity index (χ0) is 12.8. The third-order valence-electron chi connectivity index (χ3n) is 3.00. The molecule has 1 atom stereocenters. The van der Waals surface area contributed by atoms with Gasteiger partial charge >= 0.3 is 0 Å². The van der Waals surface area contributed by atoms with E-state index >= 15 is 0 Å². The predicted octanol–water partition coefficient (Wildman–Crippen LogP) is 4.30. The molecule has 0 spiro atoms. The molecule has 2 heteroatoms. The van der Waals surface area contributed by atoms with Gasteiger partial charge in [0.25, 0.3) is 0 Å². The quantitative estimate of drug-likeness (QED) is 0.489. The number of unbranched alkanes of at least 4 members (excludes halogenated alkanes) is 9.